The number of piperazine rings is 1. The Morgan fingerprint density at radius 1 is 1.10 bits per heavy atom. The fourth-order valence-corrected chi connectivity index (χ4v) is 5.66. The number of carbonyl (C=O) groups is 1. The van der Waals surface area contributed by atoms with Crippen molar-refractivity contribution in [3.63, 3.8) is 0 Å². The van der Waals surface area contributed by atoms with Gasteiger partial charge in [-0.15, -0.1) is 0 Å². The number of fused-ring (bicyclic) bond motifs is 2. The summed E-state index contributed by atoms with van der Waals surface area (Å²) in [6, 6.07) is 24.1. The highest BCUT2D eigenvalue weighted by atomic mass is 35.5. The van der Waals surface area contributed by atoms with Gasteiger partial charge in [0.2, 0.25) is 5.28 Å². The zero-order chi connectivity index (χ0) is 28.3. The second-order valence-corrected chi connectivity index (χ2v) is 10.4. The molecule has 3 heterocycles. The van der Waals surface area contributed by atoms with E-state index in [9.17, 15) is 15.2 Å². The number of rotatable bonds is 7. The summed E-state index contributed by atoms with van der Waals surface area (Å²) in [5.74, 6) is 1.39. The van der Waals surface area contributed by atoms with E-state index in [4.69, 9.17) is 16.3 Å². The third-order valence-electron chi connectivity index (χ3n) is 7.46. The van der Waals surface area contributed by atoms with E-state index in [0.717, 1.165) is 38.7 Å². The van der Waals surface area contributed by atoms with E-state index in [2.05, 4.69) is 45.3 Å². The van der Waals surface area contributed by atoms with Gasteiger partial charge >= 0.3 is 6.09 Å². The number of aromatic amines is 1. The third kappa shape index (κ3) is 5.47. The Hall–Kier alpha value is -4.81. The molecule has 1 saturated heterocycles. The Bertz CT molecular complexity index is 1770. The Morgan fingerprint density at radius 3 is 2.71 bits per heavy atom. The molecule has 10 heteroatoms. The molecule has 1 fully saturated rings. The molecule has 1 aliphatic heterocycles. The first-order valence-corrected chi connectivity index (χ1v) is 13.7. The summed E-state index contributed by atoms with van der Waals surface area (Å²) in [7, 11) is 0. The predicted molar refractivity (Wildman–Crippen MR) is 157 cm³/mol. The second kappa shape index (κ2) is 11.4. The highest BCUT2D eigenvalue weighted by Gasteiger charge is 2.32. The molecule has 1 unspecified atom stereocenters. The Morgan fingerprint density at radius 2 is 1.90 bits per heavy atom. The molecule has 2 aromatic heterocycles. The van der Waals surface area contributed by atoms with Crippen molar-refractivity contribution in [3.05, 3.63) is 94.9 Å². The van der Waals surface area contributed by atoms with Crippen molar-refractivity contribution < 1.29 is 14.6 Å². The summed E-state index contributed by atoms with van der Waals surface area (Å²) >= 11 is 6.43. The van der Waals surface area contributed by atoms with Crippen LogP contribution in [-0.4, -0.2) is 56.7 Å². The van der Waals surface area contributed by atoms with Gasteiger partial charge in [0.1, 0.15) is 17.9 Å². The van der Waals surface area contributed by atoms with Crippen LogP contribution in [0.25, 0.3) is 21.8 Å². The maximum Gasteiger partial charge on any atom is 0.407 e. The number of hydrogen-bond acceptors (Lipinski definition) is 6. The van der Waals surface area contributed by atoms with Crippen LogP contribution in [0.15, 0.2) is 72.9 Å². The fraction of sp³-hybridized carbons (Fsp3) is 0.226. The summed E-state index contributed by atoms with van der Waals surface area (Å²) in [6.45, 7) is 1.50. The SMILES string of the molecule is N#CCC1CN(c2nc(Cl)nc3c(Cc4cc(OCc5ccccc5)cc5ccccc45)c[nH]c23)CCN1C(=O)O. The predicted octanol–water partition coefficient (Wildman–Crippen LogP) is 6.02. The second-order valence-electron chi connectivity index (χ2n) is 10.0. The van der Waals surface area contributed by atoms with Crippen molar-refractivity contribution in [1.29, 1.82) is 5.26 Å². The molecule has 1 aliphatic rings. The monoisotopic (exact) mass is 566 g/mol. The van der Waals surface area contributed by atoms with Crippen LogP contribution in [0.4, 0.5) is 10.6 Å². The number of benzene rings is 3. The normalized spacial score (nSPS) is 15.3. The number of nitrogens with zero attached hydrogens (tertiary/aromatic N) is 5. The van der Waals surface area contributed by atoms with E-state index in [1.165, 1.54) is 4.90 Å². The van der Waals surface area contributed by atoms with Crippen LogP contribution in [0.5, 0.6) is 5.75 Å². The van der Waals surface area contributed by atoms with Crippen molar-refractivity contribution >= 4 is 45.3 Å². The molecule has 9 nitrogen and oxygen atoms in total. The van der Waals surface area contributed by atoms with E-state index in [-0.39, 0.29) is 18.2 Å². The lowest BCUT2D eigenvalue weighted by Crippen LogP contribution is -2.55. The van der Waals surface area contributed by atoms with Crippen LogP contribution in [-0.2, 0) is 13.0 Å². The molecule has 1 amide bonds. The molecule has 0 saturated carbocycles. The van der Waals surface area contributed by atoms with Gasteiger partial charge in [-0.25, -0.2) is 9.78 Å². The number of H-pyrrole nitrogens is 1. The summed E-state index contributed by atoms with van der Waals surface area (Å²) in [5.41, 5.74) is 4.57. The smallest absolute Gasteiger partial charge is 0.407 e. The van der Waals surface area contributed by atoms with Crippen LogP contribution < -0.4 is 9.64 Å². The summed E-state index contributed by atoms with van der Waals surface area (Å²) in [4.78, 5) is 27.4. The summed E-state index contributed by atoms with van der Waals surface area (Å²) < 4.78 is 6.19. The number of nitriles is 1. The van der Waals surface area contributed by atoms with Crippen LogP contribution in [0.3, 0.4) is 0 Å². The van der Waals surface area contributed by atoms with Crippen LogP contribution >= 0.6 is 11.6 Å². The lowest BCUT2D eigenvalue weighted by molar-refractivity contribution is 0.119. The first kappa shape index (κ1) is 26.4. The summed E-state index contributed by atoms with van der Waals surface area (Å²) in [5, 5.41) is 21.2. The lowest BCUT2D eigenvalue weighted by atomic mass is 9.98. The number of carboxylic acid groups (broad SMARTS) is 1. The zero-order valence-corrected chi connectivity index (χ0v) is 22.9. The maximum atomic E-state index is 11.7. The number of ether oxygens (including phenoxy) is 1. The largest absolute Gasteiger partial charge is 0.489 e. The molecule has 0 aliphatic carbocycles. The van der Waals surface area contributed by atoms with E-state index in [1.54, 1.807) is 0 Å². The molecule has 5 aromatic rings. The third-order valence-corrected chi connectivity index (χ3v) is 7.63. The van der Waals surface area contributed by atoms with Gasteiger partial charge in [0.25, 0.3) is 0 Å². The highest BCUT2D eigenvalue weighted by Crippen LogP contribution is 2.33. The van der Waals surface area contributed by atoms with Crippen LogP contribution in [0.1, 0.15) is 23.1 Å². The van der Waals surface area contributed by atoms with Gasteiger partial charge in [0, 0.05) is 37.8 Å². The molecule has 1 atom stereocenters. The quantitative estimate of drug-likeness (QED) is 0.231. The lowest BCUT2D eigenvalue weighted by Gasteiger charge is -2.39. The number of hydrogen-bond donors (Lipinski definition) is 2. The van der Waals surface area contributed by atoms with Gasteiger partial charge in [-0.1, -0.05) is 54.6 Å². The topological polar surface area (TPSA) is 118 Å². The van der Waals surface area contributed by atoms with E-state index in [0.29, 0.717) is 37.5 Å². The molecule has 0 radical (unpaired) electrons. The minimum absolute atomic E-state index is 0.0937. The zero-order valence-electron chi connectivity index (χ0n) is 22.1. The number of nitrogens with one attached hydrogen (secondary N) is 1. The first-order valence-electron chi connectivity index (χ1n) is 13.3. The Balaban J connectivity index is 1.33. The number of aromatic nitrogens is 3. The Labute approximate surface area is 241 Å². The first-order chi connectivity index (χ1) is 20.0. The Kier molecular flexibility index (Phi) is 7.32. The van der Waals surface area contributed by atoms with Gasteiger partial charge in [0.05, 0.1) is 24.0 Å². The van der Waals surface area contributed by atoms with Gasteiger partial charge < -0.3 is 24.6 Å². The standard InChI is InChI=1S/C31H27ClN6O3/c32-30-35-27-23(17-34-28(27)29(36-30)37-12-13-38(31(39)40)24(18-37)10-11-33)14-22-16-25(15-21-8-4-5-9-26(21)22)41-19-20-6-2-1-3-7-20/h1-9,15-17,24,34H,10,12-14,18-19H2,(H,39,40). The van der Waals surface area contributed by atoms with Gasteiger partial charge in [-0.05, 0) is 45.6 Å². The van der Waals surface area contributed by atoms with Crippen molar-refractivity contribution in [3.8, 4) is 11.8 Å². The van der Waals surface area contributed by atoms with Crippen LogP contribution in [0, 0.1) is 11.3 Å². The summed E-state index contributed by atoms with van der Waals surface area (Å²) in [6.07, 6.45) is 1.57. The molecule has 206 valence electrons. The molecular weight excluding hydrogens is 540 g/mol. The minimum atomic E-state index is -1.03. The van der Waals surface area contributed by atoms with Gasteiger partial charge in [-0.3, -0.25) is 0 Å². The molecule has 6 rings (SSSR count). The number of anilines is 1. The van der Waals surface area contributed by atoms with Crippen LogP contribution in [0.2, 0.25) is 5.28 Å². The minimum Gasteiger partial charge on any atom is -0.489 e. The molecule has 0 spiro atoms. The number of halogens is 1. The molecular formula is C31H27ClN6O3. The molecule has 3 aromatic carbocycles. The maximum absolute atomic E-state index is 11.7. The van der Waals surface area contributed by atoms with Crippen molar-refractivity contribution in [2.75, 3.05) is 24.5 Å². The average Bonchev–Trinajstić information content (AvgIpc) is 3.38. The molecule has 0 bridgehead atoms. The van der Waals surface area contributed by atoms with Crippen molar-refractivity contribution in [2.24, 2.45) is 0 Å². The van der Waals surface area contributed by atoms with Crippen molar-refractivity contribution in [2.45, 2.75) is 25.5 Å². The number of amides is 1. The molecule has 41 heavy (non-hydrogen) atoms. The van der Waals surface area contributed by atoms with Gasteiger partial charge in [-0.2, -0.15) is 10.2 Å². The fourth-order valence-electron chi connectivity index (χ4n) is 5.49. The molecule has 2 N–H and O–H groups in total. The van der Waals surface area contributed by atoms with E-state index < -0.39 is 12.1 Å². The average molecular weight is 567 g/mol. The highest BCUT2D eigenvalue weighted by molar-refractivity contribution is 6.28. The van der Waals surface area contributed by atoms with E-state index in [1.807, 2.05) is 53.6 Å². The van der Waals surface area contributed by atoms with E-state index >= 15 is 0 Å². The van der Waals surface area contributed by atoms with Gasteiger partial charge in [0.15, 0.2) is 5.82 Å². The van der Waals surface area contributed by atoms with Crippen molar-refractivity contribution in [1.82, 2.24) is 19.9 Å².